The molecule has 0 saturated carbocycles. The fraction of sp³-hybridized carbons (Fsp3) is 0.353. The number of nitrogens with zero attached hydrogens (tertiary/aromatic N) is 3. The molecule has 0 saturated heterocycles. The number of fused-ring (bicyclic) bond motifs is 1. The number of nitrogens with one attached hydrogen (secondary N) is 2. The van der Waals surface area contributed by atoms with E-state index < -0.39 is 0 Å². The fourth-order valence-electron chi connectivity index (χ4n) is 2.77. The highest BCUT2D eigenvalue weighted by Gasteiger charge is 2.18. The molecule has 24 heavy (non-hydrogen) atoms. The Morgan fingerprint density at radius 1 is 1.29 bits per heavy atom. The van der Waals surface area contributed by atoms with Crippen LogP contribution in [-0.4, -0.2) is 57.5 Å². The second kappa shape index (κ2) is 6.84. The number of carbonyl (C=O) groups is 1. The number of ether oxygens (including phenoxy) is 1. The Labute approximate surface area is 140 Å². The summed E-state index contributed by atoms with van der Waals surface area (Å²) < 4.78 is 5.06. The molecule has 3 aromatic heterocycles. The van der Waals surface area contributed by atoms with Crippen LogP contribution in [0.3, 0.4) is 0 Å². The van der Waals surface area contributed by atoms with Crippen LogP contribution in [0, 0.1) is 6.92 Å². The predicted molar refractivity (Wildman–Crippen MR) is 91.9 cm³/mol. The van der Waals surface area contributed by atoms with Crippen LogP contribution in [0.2, 0.25) is 0 Å². The number of likely N-dealkylation sites (N-methyl/N-ethyl adjacent to an activating group) is 1. The third kappa shape index (κ3) is 2.90. The number of rotatable bonds is 6. The molecule has 0 spiro atoms. The lowest BCUT2D eigenvalue weighted by Gasteiger charge is -2.19. The molecule has 0 aliphatic heterocycles. The van der Waals surface area contributed by atoms with Crippen LogP contribution in [0.1, 0.15) is 23.0 Å². The SMILES string of the molecule is CCN(CCOC)C(=O)c1cc(-c2ncnc3[nH]cc(C)c23)c[nH]1. The number of methoxy groups -OCH3 is 1. The van der Waals surface area contributed by atoms with Gasteiger partial charge in [-0.2, -0.15) is 0 Å². The summed E-state index contributed by atoms with van der Waals surface area (Å²) in [6.45, 7) is 5.67. The molecule has 7 nitrogen and oxygen atoms in total. The summed E-state index contributed by atoms with van der Waals surface area (Å²) >= 11 is 0. The second-order valence-electron chi connectivity index (χ2n) is 5.60. The molecule has 0 aromatic carbocycles. The highest BCUT2D eigenvalue weighted by molar-refractivity contribution is 5.97. The van der Waals surface area contributed by atoms with E-state index in [1.807, 2.05) is 32.3 Å². The van der Waals surface area contributed by atoms with Gasteiger partial charge in [0.15, 0.2) is 0 Å². The second-order valence-corrected chi connectivity index (χ2v) is 5.60. The first kappa shape index (κ1) is 16.2. The Bertz CT molecular complexity index is 852. The molecule has 0 unspecified atom stereocenters. The first-order chi connectivity index (χ1) is 11.7. The van der Waals surface area contributed by atoms with E-state index in [4.69, 9.17) is 4.74 Å². The summed E-state index contributed by atoms with van der Waals surface area (Å²) in [4.78, 5) is 29.2. The minimum Gasteiger partial charge on any atom is -0.383 e. The fourth-order valence-corrected chi connectivity index (χ4v) is 2.77. The van der Waals surface area contributed by atoms with Crippen LogP contribution < -0.4 is 0 Å². The molecule has 126 valence electrons. The van der Waals surface area contributed by atoms with E-state index in [0.717, 1.165) is 27.9 Å². The van der Waals surface area contributed by atoms with Gasteiger partial charge in [0.05, 0.1) is 12.3 Å². The van der Waals surface area contributed by atoms with Gasteiger partial charge in [-0.1, -0.05) is 0 Å². The van der Waals surface area contributed by atoms with Crippen molar-refractivity contribution in [3.8, 4) is 11.3 Å². The van der Waals surface area contributed by atoms with E-state index in [0.29, 0.717) is 25.4 Å². The number of hydrogen-bond donors (Lipinski definition) is 2. The van der Waals surface area contributed by atoms with Gasteiger partial charge in [-0.25, -0.2) is 9.97 Å². The van der Waals surface area contributed by atoms with Crippen LogP contribution in [0.4, 0.5) is 0 Å². The Balaban J connectivity index is 1.92. The molecule has 0 atom stereocenters. The minimum atomic E-state index is -0.0445. The molecule has 3 rings (SSSR count). The van der Waals surface area contributed by atoms with Crippen LogP contribution in [0.5, 0.6) is 0 Å². The number of hydrogen-bond acceptors (Lipinski definition) is 4. The van der Waals surface area contributed by atoms with Gasteiger partial charge in [0.1, 0.15) is 17.7 Å². The van der Waals surface area contributed by atoms with Crippen molar-refractivity contribution >= 4 is 16.9 Å². The number of carbonyl (C=O) groups excluding carboxylic acids is 1. The summed E-state index contributed by atoms with van der Waals surface area (Å²) in [5.74, 6) is -0.0445. The van der Waals surface area contributed by atoms with Crippen LogP contribution in [0.25, 0.3) is 22.3 Å². The van der Waals surface area contributed by atoms with E-state index in [2.05, 4.69) is 19.9 Å². The summed E-state index contributed by atoms with van der Waals surface area (Å²) in [7, 11) is 1.63. The maximum Gasteiger partial charge on any atom is 0.270 e. The molecule has 0 fully saturated rings. The summed E-state index contributed by atoms with van der Waals surface area (Å²) in [6.07, 6.45) is 5.25. The van der Waals surface area contributed by atoms with Gasteiger partial charge in [0.2, 0.25) is 0 Å². The lowest BCUT2D eigenvalue weighted by Crippen LogP contribution is -2.33. The average molecular weight is 327 g/mol. The number of aromatic nitrogens is 4. The standard InChI is InChI=1S/C17H21N5O2/c1-4-22(5-6-24-3)17(23)13-7-12(9-18-13)15-14-11(2)8-19-16(14)21-10-20-15/h7-10,18H,4-6H2,1-3H3,(H,19,20,21). The number of aryl methyl sites for hydroxylation is 1. The van der Waals surface area contributed by atoms with E-state index in [1.165, 1.54) is 6.33 Å². The molecule has 2 N–H and O–H groups in total. The van der Waals surface area contributed by atoms with Crippen molar-refractivity contribution in [1.82, 2.24) is 24.8 Å². The van der Waals surface area contributed by atoms with E-state index in [-0.39, 0.29) is 5.91 Å². The van der Waals surface area contributed by atoms with Crippen LogP contribution in [-0.2, 0) is 4.74 Å². The van der Waals surface area contributed by atoms with Crippen molar-refractivity contribution in [3.63, 3.8) is 0 Å². The monoisotopic (exact) mass is 327 g/mol. The van der Waals surface area contributed by atoms with Crippen LogP contribution in [0.15, 0.2) is 24.8 Å². The van der Waals surface area contributed by atoms with Gasteiger partial charge < -0.3 is 19.6 Å². The predicted octanol–water partition coefficient (Wildman–Crippen LogP) is 2.37. The lowest BCUT2D eigenvalue weighted by atomic mass is 10.1. The maximum atomic E-state index is 12.6. The Hall–Kier alpha value is -2.67. The normalized spacial score (nSPS) is 11.1. The van der Waals surface area contributed by atoms with Gasteiger partial charge in [0.25, 0.3) is 5.91 Å². The average Bonchev–Trinajstić information content (AvgIpc) is 3.23. The van der Waals surface area contributed by atoms with Crippen molar-refractivity contribution in [3.05, 3.63) is 36.0 Å². The minimum absolute atomic E-state index is 0.0445. The van der Waals surface area contributed by atoms with Gasteiger partial charge in [-0.3, -0.25) is 4.79 Å². The molecule has 0 aliphatic rings. The molecule has 3 heterocycles. The van der Waals surface area contributed by atoms with Gasteiger partial charge in [-0.05, 0) is 25.5 Å². The molecule has 0 bridgehead atoms. The zero-order chi connectivity index (χ0) is 17.1. The van der Waals surface area contributed by atoms with Crippen molar-refractivity contribution in [2.45, 2.75) is 13.8 Å². The molecular formula is C17H21N5O2. The summed E-state index contributed by atoms with van der Waals surface area (Å²) in [6, 6.07) is 1.84. The van der Waals surface area contributed by atoms with Crippen molar-refractivity contribution in [1.29, 1.82) is 0 Å². The molecule has 0 aliphatic carbocycles. The Morgan fingerprint density at radius 2 is 2.12 bits per heavy atom. The molecule has 3 aromatic rings. The summed E-state index contributed by atoms with van der Waals surface area (Å²) in [5, 5.41) is 0.974. The Kier molecular flexibility index (Phi) is 4.61. The van der Waals surface area contributed by atoms with Gasteiger partial charge in [0, 0.05) is 43.5 Å². The largest absolute Gasteiger partial charge is 0.383 e. The van der Waals surface area contributed by atoms with E-state index >= 15 is 0 Å². The quantitative estimate of drug-likeness (QED) is 0.727. The van der Waals surface area contributed by atoms with E-state index in [9.17, 15) is 4.79 Å². The number of aromatic amines is 2. The third-order valence-corrected chi connectivity index (χ3v) is 4.09. The smallest absolute Gasteiger partial charge is 0.270 e. The Morgan fingerprint density at radius 3 is 2.88 bits per heavy atom. The first-order valence-electron chi connectivity index (χ1n) is 7.91. The first-order valence-corrected chi connectivity index (χ1v) is 7.91. The van der Waals surface area contributed by atoms with Gasteiger partial charge in [-0.15, -0.1) is 0 Å². The van der Waals surface area contributed by atoms with Crippen molar-refractivity contribution < 1.29 is 9.53 Å². The molecular weight excluding hydrogens is 306 g/mol. The van der Waals surface area contributed by atoms with E-state index in [1.54, 1.807) is 12.0 Å². The zero-order valence-corrected chi connectivity index (χ0v) is 14.1. The zero-order valence-electron chi connectivity index (χ0n) is 14.1. The van der Waals surface area contributed by atoms with Crippen molar-refractivity contribution in [2.24, 2.45) is 0 Å². The molecule has 1 amide bonds. The molecule has 0 radical (unpaired) electrons. The maximum absolute atomic E-state index is 12.6. The highest BCUT2D eigenvalue weighted by Crippen LogP contribution is 2.28. The highest BCUT2D eigenvalue weighted by atomic mass is 16.5. The van der Waals surface area contributed by atoms with Crippen LogP contribution >= 0.6 is 0 Å². The third-order valence-electron chi connectivity index (χ3n) is 4.09. The van der Waals surface area contributed by atoms with Crippen molar-refractivity contribution in [2.75, 3.05) is 26.8 Å². The van der Waals surface area contributed by atoms with Gasteiger partial charge >= 0.3 is 0 Å². The lowest BCUT2D eigenvalue weighted by molar-refractivity contribution is 0.0701. The summed E-state index contributed by atoms with van der Waals surface area (Å²) in [5.41, 5.74) is 4.10. The number of amides is 1. The molecule has 7 heteroatoms. The topological polar surface area (TPSA) is 86.9 Å². The number of H-pyrrole nitrogens is 2.